The Bertz CT molecular complexity index is 932. The van der Waals surface area contributed by atoms with E-state index in [4.69, 9.17) is 0 Å². The molecule has 0 aliphatic carbocycles. The Hall–Kier alpha value is -2.54. The van der Waals surface area contributed by atoms with Crippen LogP contribution in [0.5, 0.6) is 0 Å². The summed E-state index contributed by atoms with van der Waals surface area (Å²) in [6, 6.07) is 5.29. The fraction of sp³-hybridized carbons (Fsp3) is 0.250. The van der Waals surface area contributed by atoms with Crippen LogP contribution in [-0.4, -0.2) is 38.4 Å². The molecule has 0 spiro atoms. The number of carbonyl (C=O) groups is 1. The minimum absolute atomic E-state index is 0.00166. The molecule has 0 radical (unpaired) electrons. The van der Waals surface area contributed by atoms with E-state index in [9.17, 15) is 9.59 Å². The van der Waals surface area contributed by atoms with Crippen molar-refractivity contribution in [3.63, 3.8) is 0 Å². The number of carbonyl (C=O) groups excluding carboxylic acids is 1. The van der Waals surface area contributed by atoms with Crippen molar-refractivity contribution < 1.29 is 4.79 Å². The molecule has 0 atom stereocenters. The molecule has 4 rings (SSSR count). The van der Waals surface area contributed by atoms with E-state index in [0.717, 1.165) is 11.3 Å². The van der Waals surface area contributed by atoms with Crippen LogP contribution in [0.3, 0.4) is 0 Å². The number of hydrogen-bond acceptors (Lipinski definition) is 5. The predicted molar refractivity (Wildman–Crippen MR) is 87.7 cm³/mol. The highest BCUT2D eigenvalue weighted by Crippen LogP contribution is 2.17. The molecule has 3 aromatic heterocycles. The number of fused-ring (bicyclic) bond motifs is 2. The third-order valence-corrected chi connectivity index (χ3v) is 4.95. The molecule has 1 aliphatic rings. The van der Waals surface area contributed by atoms with Crippen LogP contribution >= 0.6 is 11.3 Å². The Morgan fingerprint density at radius 2 is 1.96 bits per heavy atom. The molecule has 0 fully saturated rings. The van der Waals surface area contributed by atoms with Crippen LogP contribution in [0.15, 0.2) is 40.8 Å². The van der Waals surface area contributed by atoms with Gasteiger partial charge in [-0.3, -0.25) is 19.1 Å². The van der Waals surface area contributed by atoms with Gasteiger partial charge in [0.05, 0.1) is 5.52 Å². The number of aromatic nitrogens is 3. The summed E-state index contributed by atoms with van der Waals surface area (Å²) in [6.07, 6.45) is 3.80. The van der Waals surface area contributed by atoms with E-state index >= 15 is 0 Å². The third kappa shape index (κ3) is 2.43. The van der Waals surface area contributed by atoms with Crippen LogP contribution in [0.1, 0.15) is 16.2 Å². The second kappa shape index (κ2) is 5.58. The topological polar surface area (TPSA) is 68.1 Å². The Morgan fingerprint density at radius 3 is 2.78 bits per heavy atom. The van der Waals surface area contributed by atoms with Crippen LogP contribution in [0.2, 0.25) is 0 Å². The summed E-state index contributed by atoms with van der Waals surface area (Å²) < 4.78 is 2.39. The Balaban J connectivity index is 1.65. The van der Waals surface area contributed by atoms with Gasteiger partial charge >= 0.3 is 0 Å². The highest BCUT2D eigenvalue weighted by molar-refractivity contribution is 7.17. The zero-order valence-corrected chi connectivity index (χ0v) is 13.1. The normalized spacial score (nSPS) is 14.5. The summed E-state index contributed by atoms with van der Waals surface area (Å²) in [7, 11) is 0. The molecule has 0 saturated carbocycles. The van der Waals surface area contributed by atoms with Gasteiger partial charge in [0.2, 0.25) is 0 Å². The molecule has 0 aromatic carbocycles. The molecule has 7 heteroatoms. The highest BCUT2D eigenvalue weighted by atomic mass is 32.1. The number of hydrogen-bond donors (Lipinski definition) is 0. The molecular formula is C16H14N4O2S. The highest BCUT2D eigenvalue weighted by Gasteiger charge is 2.22. The van der Waals surface area contributed by atoms with Crippen LogP contribution in [0.25, 0.3) is 10.2 Å². The van der Waals surface area contributed by atoms with Crippen molar-refractivity contribution in [2.45, 2.75) is 13.0 Å². The lowest BCUT2D eigenvalue weighted by atomic mass is 10.2. The lowest BCUT2D eigenvalue weighted by molar-refractivity contribution is 0.0759. The van der Waals surface area contributed by atoms with E-state index in [1.807, 2.05) is 11.4 Å². The minimum Gasteiger partial charge on any atom is -0.336 e. The first-order valence-electron chi connectivity index (χ1n) is 7.40. The summed E-state index contributed by atoms with van der Waals surface area (Å²) in [6.45, 7) is 1.54. The molecule has 3 aromatic rings. The van der Waals surface area contributed by atoms with Crippen LogP contribution < -0.4 is 5.56 Å². The Kier molecular flexibility index (Phi) is 3.42. The van der Waals surface area contributed by atoms with Gasteiger partial charge in [-0.1, -0.05) is 0 Å². The fourth-order valence-corrected chi connectivity index (χ4v) is 3.64. The minimum atomic E-state index is -0.0323. The smallest absolute Gasteiger partial charge is 0.271 e. The molecule has 1 amide bonds. The summed E-state index contributed by atoms with van der Waals surface area (Å²) >= 11 is 1.41. The first kappa shape index (κ1) is 14.1. The lowest BCUT2D eigenvalue weighted by Crippen LogP contribution is -2.34. The standard InChI is InChI=1S/C16H14N4O2S/c21-15(11-1-5-17-6-2-11)19-7-3-13-18-12-4-10-23-14(12)16(22)20(13)9-8-19/h1-2,4-6,10H,3,7-9H2. The van der Waals surface area contributed by atoms with Gasteiger partial charge in [-0.15, -0.1) is 11.3 Å². The monoisotopic (exact) mass is 326 g/mol. The van der Waals surface area contributed by atoms with Gasteiger partial charge in [0, 0.05) is 44.0 Å². The van der Waals surface area contributed by atoms with Crippen LogP contribution in [-0.2, 0) is 13.0 Å². The van der Waals surface area contributed by atoms with Gasteiger partial charge in [0.25, 0.3) is 11.5 Å². The molecule has 0 bridgehead atoms. The van der Waals surface area contributed by atoms with Gasteiger partial charge in [-0.2, -0.15) is 0 Å². The van der Waals surface area contributed by atoms with Gasteiger partial charge in [-0.05, 0) is 23.6 Å². The van der Waals surface area contributed by atoms with Crippen molar-refractivity contribution in [1.82, 2.24) is 19.4 Å². The van der Waals surface area contributed by atoms with E-state index < -0.39 is 0 Å². The molecule has 23 heavy (non-hydrogen) atoms. The first-order valence-corrected chi connectivity index (χ1v) is 8.28. The van der Waals surface area contributed by atoms with Crippen LogP contribution in [0.4, 0.5) is 0 Å². The molecule has 4 heterocycles. The third-order valence-electron chi connectivity index (χ3n) is 4.06. The average Bonchev–Trinajstić information content (AvgIpc) is 2.95. The first-order chi connectivity index (χ1) is 11.2. The second-order valence-corrected chi connectivity index (χ2v) is 6.31. The fourth-order valence-electron chi connectivity index (χ4n) is 2.86. The van der Waals surface area contributed by atoms with E-state index in [-0.39, 0.29) is 11.5 Å². The van der Waals surface area contributed by atoms with Crippen molar-refractivity contribution in [2.75, 3.05) is 13.1 Å². The van der Waals surface area contributed by atoms with Crippen molar-refractivity contribution in [3.8, 4) is 0 Å². The number of thiophene rings is 1. The Labute approximate surface area is 136 Å². The summed E-state index contributed by atoms with van der Waals surface area (Å²) in [5, 5.41) is 1.89. The predicted octanol–water partition coefficient (Wildman–Crippen LogP) is 1.55. The maximum Gasteiger partial charge on any atom is 0.271 e. The second-order valence-electron chi connectivity index (χ2n) is 5.40. The maximum absolute atomic E-state index is 12.6. The average molecular weight is 326 g/mol. The van der Waals surface area contributed by atoms with Crippen molar-refractivity contribution in [2.24, 2.45) is 0 Å². The van der Waals surface area contributed by atoms with Crippen molar-refractivity contribution in [3.05, 3.63) is 57.7 Å². The molecule has 1 aliphatic heterocycles. The largest absolute Gasteiger partial charge is 0.336 e. The van der Waals surface area contributed by atoms with Gasteiger partial charge in [0.15, 0.2) is 0 Å². The Morgan fingerprint density at radius 1 is 1.13 bits per heavy atom. The zero-order chi connectivity index (χ0) is 15.8. The number of nitrogens with zero attached hydrogens (tertiary/aromatic N) is 4. The van der Waals surface area contributed by atoms with Gasteiger partial charge < -0.3 is 4.90 Å². The molecule has 0 unspecified atom stereocenters. The molecule has 6 nitrogen and oxygen atoms in total. The quantitative estimate of drug-likeness (QED) is 0.680. The molecule has 0 saturated heterocycles. The van der Waals surface area contributed by atoms with Crippen molar-refractivity contribution in [1.29, 1.82) is 0 Å². The van der Waals surface area contributed by atoms with E-state index in [0.29, 0.717) is 36.3 Å². The van der Waals surface area contributed by atoms with E-state index in [1.165, 1.54) is 11.3 Å². The van der Waals surface area contributed by atoms with E-state index in [2.05, 4.69) is 9.97 Å². The van der Waals surface area contributed by atoms with Gasteiger partial charge in [0.1, 0.15) is 10.5 Å². The molecule has 0 N–H and O–H groups in total. The molecule has 116 valence electrons. The lowest BCUT2D eigenvalue weighted by Gasteiger charge is -2.19. The van der Waals surface area contributed by atoms with Gasteiger partial charge in [-0.25, -0.2) is 4.98 Å². The summed E-state index contributed by atoms with van der Waals surface area (Å²) in [5.74, 6) is 0.723. The number of amides is 1. The number of pyridine rings is 1. The van der Waals surface area contributed by atoms with E-state index in [1.54, 1.807) is 34.0 Å². The zero-order valence-electron chi connectivity index (χ0n) is 12.3. The molecular weight excluding hydrogens is 312 g/mol. The SMILES string of the molecule is O=C(c1ccncc1)N1CCc2nc3ccsc3c(=O)n2CC1. The maximum atomic E-state index is 12.6. The van der Waals surface area contributed by atoms with Crippen LogP contribution in [0, 0.1) is 0 Å². The summed E-state index contributed by atoms with van der Waals surface area (Å²) in [5.41, 5.74) is 1.37. The summed E-state index contributed by atoms with van der Waals surface area (Å²) in [4.78, 5) is 35.4. The van der Waals surface area contributed by atoms with Crippen molar-refractivity contribution >= 4 is 27.5 Å². The number of rotatable bonds is 1.